The molecule has 82 valence electrons. The molecule has 14 heavy (non-hydrogen) atoms. The van der Waals surface area contributed by atoms with E-state index in [9.17, 15) is 4.79 Å². The standard InChI is InChI=1S/C12H23NO/c1-11(2)7-5-8-12(14)9-6-10-13(3)4/h6,9,11H,5,7-8,10H2,1-4H3/b9-6+. The number of hydrogen-bond acceptors (Lipinski definition) is 2. The summed E-state index contributed by atoms with van der Waals surface area (Å²) in [4.78, 5) is 13.3. The summed E-state index contributed by atoms with van der Waals surface area (Å²) < 4.78 is 0. The van der Waals surface area contributed by atoms with Gasteiger partial charge in [0.15, 0.2) is 5.78 Å². The lowest BCUT2D eigenvalue weighted by Crippen LogP contribution is -2.10. The number of hydrogen-bond donors (Lipinski definition) is 0. The molecule has 0 aliphatic rings. The SMILES string of the molecule is CC(C)CCCC(=O)/C=C/CN(C)C. The first-order valence-corrected chi connectivity index (χ1v) is 5.36. The minimum Gasteiger partial charge on any atom is -0.306 e. The zero-order valence-electron chi connectivity index (χ0n) is 9.92. The lowest BCUT2D eigenvalue weighted by molar-refractivity contribution is -0.114. The fraction of sp³-hybridized carbons (Fsp3) is 0.750. The Morgan fingerprint density at radius 3 is 2.50 bits per heavy atom. The Kier molecular flexibility index (Phi) is 7.40. The van der Waals surface area contributed by atoms with Gasteiger partial charge in [-0.3, -0.25) is 4.79 Å². The van der Waals surface area contributed by atoms with Crippen LogP contribution < -0.4 is 0 Å². The van der Waals surface area contributed by atoms with Gasteiger partial charge in [0.1, 0.15) is 0 Å². The molecule has 0 N–H and O–H groups in total. The highest BCUT2D eigenvalue weighted by molar-refractivity contribution is 5.89. The second kappa shape index (κ2) is 7.74. The van der Waals surface area contributed by atoms with E-state index >= 15 is 0 Å². The van der Waals surface area contributed by atoms with Crippen LogP contribution in [0.25, 0.3) is 0 Å². The number of nitrogens with zero attached hydrogens (tertiary/aromatic N) is 1. The highest BCUT2D eigenvalue weighted by Gasteiger charge is 1.98. The minimum atomic E-state index is 0.257. The quantitative estimate of drug-likeness (QED) is 0.584. The van der Waals surface area contributed by atoms with Crippen molar-refractivity contribution >= 4 is 5.78 Å². The summed E-state index contributed by atoms with van der Waals surface area (Å²) in [6.07, 6.45) is 6.50. The van der Waals surface area contributed by atoms with Crippen molar-refractivity contribution in [2.75, 3.05) is 20.6 Å². The molecule has 0 amide bonds. The Bertz CT molecular complexity index is 183. The lowest BCUT2D eigenvalue weighted by atomic mass is 10.0. The molecule has 0 unspecified atom stereocenters. The van der Waals surface area contributed by atoms with Crippen molar-refractivity contribution in [1.29, 1.82) is 0 Å². The average molecular weight is 197 g/mol. The molecule has 0 heterocycles. The molecule has 2 nitrogen and oxygen atoms in total. The zero-order chi connectivity index (χ0) is 11.0. The smallest absolute Gasteiger partial charge is 0.155 e. The summed E-state index contributed by atoms with van der Waals surface area (Å²) >= 11 is 0. The maximum atomic E-state index is 11.3. The van der Waals surface area contributed by atoms with E-state index in [1.54, 1.807) is 6.08 Å². The van der Waals surface area contributed by atoms with Crippen LogP contribution in [0, 0.1) is 5.92 Å². The summed E-state index contributed by atoms with van der Waals surface area (Å²) in [6.45, 7) is 5.22. The van der Waals surface area contributed by atoms with Gasteiger partial charge < -0.3 is 4.90 Å². The van der Waals surface area contributed by atoms with Crippen LogP contribution in [-0.4, -0.2) is 31.3 Å². The molecule has 0 atom stereocenters. The molecule has 0 radical (unpaired) electrons. The van der Waals surface area contributed by atoms with Crippen LogP contribution in [0.3, 0.4) is 0 Å². The van der Waals surface area contributed by atoms with Crippen molar-refractivity contribution in [2.45, 2.75) is 33.1 Å². The van der Waals surface area contributed by atoms with Crippen LogP contribution in [0.4, 0.5) is 0 Å². The van der Waals surface area contributed by atoms with E-state index in [4.69, 9.17) is 0 Å². The molecule has 0 saturated heterocycles. The van der Waals surface area contributed by atoms with Gasteiger partial charge in [-0.15, -0.1) is 0 Å². The van der Waals surface area contributed by atoms with Crippen molar-refractivity contribution in [3.8, 4) is 0 Å². The third-order valence-electron chi connectivity index (χ3n) is 1.98. The van der Waals surface area contributed by atoms with Crippen LogP contribution in [-0.2, 0) is 4.79 Å². The van der Waals surface area contributed by atoms with Gasteiger partial charge in [-0.1, -0.05) is 26.3 Å². The third-order valence-corrected chi connectivity index (χ3v) is 1.98. The van der Waals surface area contributed by atoms with E-state index in [2.05, 4.69) is 13.8 Å². The van der Waals surface area contributed by atoms with Crippen molar-refractivity contribution in [1.82, 2.24) is 4.90 Å². The van der Waals surface area contributed by atoms with Gasteiger partial charge in [-0.25, -0.2) is 0 Å². The third kappa shape index (κ3) is 9.46. The normalized spacial score (nSPS) is 11.9. The highest BCUT2D eigenvalue weighted by atomic mass is 16.1. The minimum absolute atomic E-state index is 0.257. The Morgan fingerprint density at radius 1 is 1.36 bits per heavy atom. The van der Waals surface area contributed by atoms with E-state index in [0.717, 1.165) is 19.4 Å². The van der Waals surface area contributed by atoms with Crippen LogP contribution in [0.5, 0.6) is 0 Å². The molecule has 0 saturated carbocycles. The number of likely N-dealkylation sites (N-methyl/N-ethyl adjacent to an activating group) is 1. The summed E-state index contributed by atoms with van der Waals surface area (Å²) in [5.74, 6) is 0.959. The number of carbonyl (C=O) groups excluding carboxylic acids is 1. The second-order valence-electron chi connectivity index (χ2n) is 4.42. The van der Waals surface area contributed by atoms with Gasteiger partial charge in [0.25, 0.3) is 0 Å². The first-order chi connectivity index (χ1) is 6.52. The van der Waals surface area contributed by atoms with E-state index < -0.39 is 0 Å². The average Bonchev–Trinajstić information content (AvgIpc) is 2.02. The van der Waals surface area contributed by atoms with Gasteiger partial charge in [0, 0.05) is 13.0 Å². The van der Waals surface area contributed by atoms with Crippen LogP contribution in [0.2, 0.25) is 0 Å². The van der Waals surface area contributed by atoms with Gasteiger partial charge in [0.2, 0.25) is 0 Å². The molecular formula is C12H23NO. The van der Waals surface area contributed by atoms with E-state index in [-0.39, 0.29) is 5.78 Å². The van der Waals surface area contributed by atoms with Crippen molar-refractivity contribution in [3.05, 3.63) is 12.2 Å². The zero-order valence-corrected chi connectivity index (χ0v) is 9.92. The monoisotopic (exact) mass is 197 g/mol. The maximum absolute atomic E-state index is 11.3. The first kappa shape index (κ1) is 13.4. The maximum Gasteiger partial charge on any atom is 0.155 e. The van der Waals surface area contributed by atoms with Crippen LogP contribution in [0.15, 0.2) is 12.2 Å². The largest absolute Gasteiger partial charge is 0.306 e. The molecule has 0 aromatic carbocycles. The molecule has 0 aliphatic heterocycles. The Morgan fingerprint density at radius 2 is 2.00 bits per heavy atom. The molecule has 0 aromatic heterocycles. The van der Waals surface area contributed by atoms with E-state index in [1.165, 1.54) is 0 Å². The topological polar surface area (TPSA) is 20.3 Å². The lowest BCUT2D eigenvalue weighted by Gasteiger charge is -2.04. The summed E-state index contributed by atoms with van der Waals surface area (Å²) in [7, 11) is 3.99. The second-order valence-corrected chi connectivity index (χ2v) is 4.42. The molecule has 2 heteroatoms. The summed E-state index contributed by atoms with van der Waals surface area (Å²) in [5, 5.41) is 0. The summed E-state index contributed by atoms with van der Waals surface area (Å²) in [6, 6.07) is 0. The Labute approximate surface area is 88.0 Å². The van der Waals surface area contributed by atoms with Gasteiger partial charge in [0.05, 0.1) is 0 Å². The van der Waals surface area contributed by atoms with E-state index in [1.807, 2.05) is 25.1 Å². The number of ketones is 1. The number of allylic oxidation sites excluding steroid dienone is 1. The molecule has 0 aliphatic carbocycles. The van der Waals surface area contributed by atoms with E-state index in [0.29, 0.717) is 12.3 Å². The predicted octanol–water partition coefficient (Wildman–Crippen LogP) is 2.50. The van der Waals surface area contributed by atoms with Crippen molar-refractivity contribution in [3.63, 3.8) is 0 Å². The molecule has 0 aromatic rings. The van der Waals surface area contributed by atoms with Crippen LogP contribution >= 0.6 is 0 Å². The Hall–Kier alpha value is -0.630. The number of rotatable bonds is 7. The Balaban J connectivity index is 3.50. The first-order valence-electron chi connectivity index (χ1n) is 5.36. The predicted molar refractivity (Wildman–Crippen MR) is 61.4 cm³/mol. The van der Waals surface area contributed by atoms with Gasteiger partial charge in [-0.2, -0.15) is 0 Å². The molecule has 0 bridgehead atoms. The number of carbonyl (C=O) groups is 1. The van der Waals surface area contributed by atoms with Gasteiger partial charge in [-0.05, 0) is 32.5 Å². The van der Waals surface area contributed by atoms with Crippen molar-refractivity contribution in [2.24, 2.45) is 5.92 Å². The fourth-order valence-corrected chi connectivity index (χ4v) is 1.16. The molecule has 0 rings (SSSR count). The molecule has 0 spiro atoms. The van der Waals surface area contributed by atoms with Gasteiger partial charge >= 0.3 is 0 Å². The fourth-order valence-electron chi connectivity index (χ4n) is 1.16. The summed E-state index contributed by atoms with van der Waals surface area (Å²) in [5.41, 5.74) is 0. The highest BCUT2D eigenvalue weighted by Crippen LogP contribution is 2.06. The van der Waals surface area contributed by atoms with Crippen LogP contribution in [0.1, 0.15) is 33.1 Å². The molecular weight excluding hydrogens is 174 g/mol. The molecule has 0 fully saturated rings. The van der Waals surface area contributed by atoms with Crippen molar-refractivity contribution < 1.29 is 4.79 Å².